The number of ether oxygens (including phenoxy) is 2. The lowest BCUT2D eigenvalue weighted by Crippen LogP contribution is -2.35. The van der Waals surface area contributed by atoms with E-state index in [-0.39, 0.29) is 26.1 Å². The predicted molar refractivity (Wildman–Crippen MR) is 75.5 cm³/mol. The monoisotopic (exact) mass is 339 g/mol. The molecule has 2 rings (SSSR count). The highest BCUT2D eigenvalue weighted by atomic mass is 35.5. The van der Waals surface area contributed by atoms with Gasteiger partial charge in [0.05, 0.1) is 11.6 Å². The molecule has 4 nitrogen and oxygen atoms in total. The molecule has 0 aliphatic carbocycles. The first-order valence-corrected chi connectivity index (χ1v) is 7.25. The normalized spacial score (nSPS) is 14.5. The zero-order valence-corrected chi connectivity index (χ0v) is 12.6. The number of halogens is 4. The molecule has 0 fully saturated rings. The summed E-state index contributed by atoms with van der Waals surface area (Å²) in [6, 6.07) is 3.22. The maximum Gasteiger partial charge on any atom is 0.401 e. The highest BCUT2D eigenvalue weighted by molar-refractivity contribution is 6.32. The molecule has 0 unspecified atom stereocenters. The molecule has 1 aliphatic heterocycles. The third kappa shape index (κ3) is 4.93. The molecule has 0 aromatic heterocycles. The lowest BCUT2D eigenvalue weighted by molar-refractivity contribution is -0.147. The van der Waals surface area contributed by atoms with Crippen LogP contribution >= 0.6 is 11.6 Å². The second kappa shape index (κ2) is 7.39. The number of aliphatic hydroxyl groups excluding tert-OH is 1. The molecule has 0 spiro atoms. The van der Waals surface area contributed by atoms with Crippen LogP contribution in [0.4, 0.5) is 13.2 Å². The molecule has 8 heteroatoms. The number of benzene rings is 1. The smallest absolute Gasteiger partial charge is 0.401 e. The van der Waals surface area contributed by atoms with Gasteiger partial charge in [-0.25, -0.2) is 0 Å². The molecular formula is C14H17ClF3NO3. The van der Waals surface area contributed by atoms with Gasteiger partial charge in [-0.05, 0) is 24.1 Å². The van der Waals surface area contributed by atoms with Crippen LogP contribution in [0.1, 0.15) is 12.0 Å². The highest BCUT2D eigenvalue weighted by Crippen LogP contribution is 2.38. The van der Waals surface area contributed by atoms with E-state index >= 15 is 0 Å². The van der Waals surface area contributed by atoms with Crippen molar-refractivity contribution in [2.24, 2.45) is 0 Å². The summed E-state index contributed by atoms with van der Waals surface area (Å²) in [6.07, 6.45) is -4.03. The van der Waals surface area contributed by atoms with Crippen molar-refractivity contribution in [3.8, 4) is 11.5 Å². The number of aliphatic hydroxyl groups is 1. The van der Waals surface area contributed by atoms with Crippen molar-refractivity contribution in [3.63, 3.8) is 0 Å². The van der Waals surface area contributed by atoms with E-state index in [0.717, 1.165) is 0 Å². The fourth-order valence-electron chi connectivity index (χ4n) is 2.28. The summed E-state index contributed by atoms with van der Waals surface area (Å²) in [5.41, 5.74) is 0.608. The molecule has 124 valence electrons. The Bertz CT molecular complexity index is 511. The van der Waals surface area contributed by atoms with E-state index in [2.05, 4.69) is 0 Å². The van der Waals surface area contributed by atoms with Crippen LogP contribution in [-0.2, 0) is 6.54 Å². The van der Waals surface area contributed by atoms with Gasteiger partial charge in [0, 0.05) is 19.7 Å². The minimum atomic E-state index is -4.30. The number of hydrogen-bond donors (Lipinski definition) is 1. The molecule has 0 amide bonds. The molecule has 0 saturated heterocycles. The number of fused-ring (bicyclic) bond motifs is 1. The van der Waals surface area contributed by atoms with E-state index in [0.29, 0.717) is 35.3 Å². The summed E-state index contributed by atoms with van der Waals surface area (Å²) >= 11 is 6.08. The minimum Gasteiger partial charge on any atom is -0.486 e. The zero-order valence-electron chi connectivity index (χ0n) is 11.8. The largest absolute Gasteiger partial charge is 0.486 e. The molecule has 1 aromatic rings. The van der Waals surface area contributed by atoms with E-state index in [4.69, 9.17) is 26.2 Å². The summed E-state index contributed by atoms with van der Waals surface area (Å²) in [5.74, 6) is 0.872. The van der Waals surface area contributed by atoms with E-state index < -0.39 is 12.7 Å². The Balaban J connectivity index is 2.13. The topological polar surface area (TPSA) is 41.9 Å². The lowest BCUT2D eigenvalue weighted by Gasteiger charge is -2.25. The SMILES string of the molecule is OCCCN(Cc1cc(Cl)c2c(c1)OCCO2)CC(F)(F)F. The van der Waals surface area contributed by atoms with Crippen LogP contribution in [0.15, 0.2) is 12.1 Å². The van der Waals surface area contributed by atoms with Gasteiger partial charge in [-0.1, -0.05) is 11.6 Å². The van der Waals surface area contributed by atoms with Crippen molar-refractivity contribution in [1.82, 2.24) is 4.90 Å². The Morgan fingerprint density at radius 2 is 1.95 bits per heavy atom. The molecule has 0 saturated carbocycles. The molecule has 0 bridgehead atoms. The highest BCUT2D eigenvalue weighted by Gasteiger charge is 2.30. The molecule has 0 radical (unpaired) electrons. The van der Waals surface area contributed by atoms with Crippen molar-refractivity contribution in [1.29, 1.82) is 0 Å². The minimum absolute atomic E-state index is 0.0653. The third-order valence-electron chi connectivity index (χ3n) is 3.10. The van der Waals surface area contributed by atoms with Crippen LogP contribution in [0.5, 0.6) is 11.5 Å². The Labute approximate surface area is 131 Å². The van der Waals surface area contributed by atoms with Gasteiger partial charge in [-0.3, -0.25) is 4.90 Å². The first kappa shape index (κ1) is 17.2. The molecule has 1 aliphatic rings. The Hall–Kier alpha value is -1.18. The quantitative estimate of drug-likeness (QED) is 0.865. The second-order valence-electron chi connectivity index (χ2n) is 5.00. The molecule has 1 aromatic carbocycles. The summed E-state index contributed by atoms with van der Waals surface area (Å²) in [7, 11) is 0. The number of nitrogens with zero attached hydrogens (tertiary/aromatic N) is 1. The van der Waals surface area contributed by atoms with E-state index in [1.165, 1.54) is 4.90 Å². The fourth-order valence-corrected chi connectivity index (χ4v) is 2.56. The van der Waals surface area contributed by atoms with Crippen molar-refractivity contribution in [3.05, 3.63) is 22.7 Å². The van der Waals surface area contributed by atoms with Gasteiger partial charge in [0.1, 0.15) is 13.2 Å². The van der Waals surface area contributed by atoms with Crippen LogP contribution < -0.4 is 9.47 Å². The maximum absolute atomic E-state index is 12.6. The van der Waals surface area contributed by atoms with E-state index in [9.17, 15) is 13.2 Å². The maximum atomic E-state index is 12.6. The van der Waals surface area contributed by atoms with E-state index in [1.54, 1.807) is 12.1 Å². The molecule has 0 atom stereocenters. The number of alkyl halides is 3. The number of hydrogen-bond acceptors (Lipinski definition) is 4. The van der Waals surface area contributed by atoms with Gasteiger partial charge < -0.3 is 14.6 Å². The van der Waals surface area contributed by atoms with Gasteiger partial charge in [0.15, 0.2) is 11.5 Å². The van der Waals surface area contributed by atoms with Gasteiger partial charge in [0.25, 0.3) is 0 Å². The summed E-state index contributed by atoms with van der Waals surface area (Å²) in [6.45, 7) is -0.223. The Morgan fingerprint density at radius 1 is 1.23 bits per heavy atom. The van der Waals surface area contributed by atoms with Crippen LogP contribution in [0, 0.1) is 0 Å². The zero-order chi connectivity index (χ0) is 16.2. The predicted octanol–water partition coefficient (Wildman–Crippen LogP) is 2.86. The van der Waals surface area contributed by atoms with Crippen molar-refractivity contribution >= 4 is 11.6 Å². The summed E-state index contributed by atoms with van der Waals surface area (Å²) in [5, 5.41) is 9.14. The molecule has 1 heterocycles. The van der Waals surface area contributed by atoms with Crippen LogP contribution in [0.2, 0.25) is 5.02 Å². The molecular weight excluding hydrogens is 323 g/mol. The second-order valence-corrected chi connectivity index (χ2v) is 5.41. The van der Waals surface area contributed by atoms with Crippen LogP contribution in [0.25, 0.3) is 0 Å². The Morgan fingerprint density at radius 3 is 2.64 bits per heavy atom. The lowest BCUT2D eigenvalue weighted by atomic mass is 10.1. The summed E-state index contributed by atoms with van der Waals surface area (Å²) in [4.78, 5) is 1.22. The first-order valence-electron chi connectivity index (χ1n) is 6.87. The van der Waals surface area contributed by atoms with Gasteiger partial charge >= 0.3 is 6.18 Å². The van der Waals surface area contributed by atoms with Crippen LogP contribution in [0.3, 0.4) is 0 Å². The molecule has 22 heavy (non-hydrogen) atoms. The number of rotatable bonds is 6. The molecule has 1 N–H and O–H groups in total. The average Bonchev–Trinajstić information content (AvgIpc) is 2.43. The van der Waals surface area contributed by atoms with Gasteiger partial charge in [-0.2, -0.15) is 13.2 Å². The van der Waals surface area contributed by atoms with Gasteiger partial charge in [-0.15, -0.1) is 0 Å². The van der Waals surface area contributed by atoms with Crippen molar-refractivity contribution in [2.75, 3.05) is 32.9 Å². The van der Waals surface area contributed by atoms with Crippen molar-refractivity contribution < 1.29 is 27.8 Å². The van der Waals surface area contributed by atoms with Gasteiger partial charge in [0.2, 0.25) is 0 Å². The standard InChI is InChI=1S/C14H17ClF3NO3/c15-11-6-10(7-12-13(11)22-5-4-21-12)8-19(2-1-3-20)9-14(16,17)18/h6-7,20H,1-5,8-9H2. The fraction of sp³-hybridized carbons (Fsp3) is 0.571. The first-order chi connectivity index (χ1) is 10.4. The summed E-state index contributed by atoms with van der Waals surface area (Å²) < 4.78 is 48.6. The Kier molecular flexibility index (Phi) is 5.77. The average molecular weight is 340 g/mol. The van der Waals surface area contributed by atoms with E-state index in [1.807, 2.05) is 0 Å². The van der Waals surface area contributed by atoms with Crippen LogP contribution in [-0.4, -0.2) is 49.1 Å². The van der Waals surface area contributed by atoms with Crippen molar-refractivity contribution in [2.45, 2.75) is 19.1 Å². The third-order valence-corrected chi connectivity index (χ3v) is 3.38.